The monoisotopic (exact) mass is 246 g/mol. The van der Waals surface area contributed by atoms with Crippen LogP contribution < -0.4 is 0 Å². The minimum Gasteiger partial charge on any atom is -0.388 e. The van der Waals surface area contributed by atoms with Crippen LogP contribution >= 0.6 is 11.3 Å². The maximum atomic E-state index is 10.1. The van der Waals surface area contributed by atoms with Crippen LogP contribution in [0.2, 0.25) is 0 Å². The molecule has 1 nitrogen and oxygen atoms in total. The van der Waals surface area contributed by atoms with E-state index in [-0.39, 0.29) is 6.10 Å². The van der Waals surface area contributed by atoms with E-state index in [0.717, 1.165) is 24.8 Å². The van der Waals surface area contributed by atoms with Gasteiger partial charge < -0.3 is 5.11 Å². The Bertz CT molecular complexity index is 448. The van der Waals surface area contributed by atoms with Crippen molar-refractivity contribution in [2.45, 2.75) is 32.3 Å². The number of aliphatic hydroxyl groups excluding tert-OH is 1. The lowest BCUT2D eigenvalue weighted by Gasteiger charge is -2.13. The van der Waals surface area contributed by atoms with E-state index in [4.69, 9.17) is 0 Å². The lowest BCUT2D eigenvalue weighted by Crippen LogP contribution is -2.00. The van der Waals surface area contributed by atoms with Crippen LogP contribution in [-0.2, 0) is 6.42 Å². The summed E-state index contributed by atoms with van der Waals surface area (Å²) < 4.78 is 0. The maximum absolute atomic E-state index is 10.1. The third kappa shape index (κ3) is 3.42. The summed E-state index contributed by atoms with van der Waals surface area (Å²) in [5.41, 5.74) is 2.25. The van der Waals surface area contributed by atoms with Gasteiger partial charge in [0.1, 0.15) is 0 Å². The van der Waals surface area contributed by atoms with E-state index in [9.17, 15) is 5.11 Å². The normalized spacial score (nSPS) is 12.6. The molecule has 2 rings (SSSR count). The van der Waals surface area contributed by atoms with Crippen molar-refractivity contribution in [3.63, 3.8) is 0 Å². The lowest BCUT2D eigenvalue weighted by molar-refractivity contribution is 0.164. The first-order chi connectivity index (χ1) is 8.27. The van der Waals surface area contributed by atoms with Crippen LogP contribution in [-0.4, -0.2) is 5.11 Å². The van der Waals surface area contributed by atoms with Gasteiger partial charge >= 0.3 is 0 Å². The minimum atomic E-state index is -0.323. The van der Waals surface area contributed by atoms with E-state index in [1.165, 1.54) is 10.4 Å². The molecule has 0 aliphatic heterocycles. The maximum Gasteiger partial charge on any atom is 0.0792 e. The number of hydrogen-bond acceptors (Lipinski definition) is 2. The largest absolute Gasteiger partial charge is 0.388 e. The molecule has 1 N–H and O–H groups in total. The molecule has 0 radical (unpaired) electrons. The first kappa shape index (κ1) is 12.3. The van der Waals surface area contributed by atoms with Crippen LogP contribution in [0, 0.1) is 6.92 Å². The molecule has 0 fully saturated rings. The molecule has 0 saturated carbocycles. The lowest BCUT2D eigenvalue weighted by atomic mass is 9.99. The van der Waals surface area contributed by atoms with Gasteiger partial charge in [0.25, 0.3) is 0 Å². The summed E-state index contributed by atoms with van der Waals surface area (Å²) in [4.78, 5) is 1.40. The molecule has 90 valence electrons. The fraction of sp³-hybridized carbons (Fsp3) is 0.333. The molecule has 2 aromatic rings. The summed E-state index contributed by atoms with van der Waals surface area (Å²) in [5, 5.41) is 12.2. The molecule has 1 aromatic heterocycles. The van der Waals surface area contributed by atoms with Gasteiger partial charge in [-0.1, -0.05) is 30.3 Å². The van der Waals surface area contributed by atoms with E-state index >= 15 is 0 Å². The summed E-state index contributed by atoms with van der Waals surface area (Å²) in [6.07, 6.45) is 2.62. The molecule has 0 bridgehead atoms. The summed E-state index contributed by atoms with van der Waals surface area (Å²) >= 11 is 1.79. The van der Waals surface area contributed by atoms with Crippen LogP contribution in [0.4, 0.5) is 0 Å². The van der Waals surface area contributed by atoms with Crippen molar-refractivity contribution in [3.05, 3.63) is 57.8 Å². The minimum absolute atomic E-state index is 0.323. The Labute approximate surface area is 107 Å². The number of hydrogen-bond donors (Lipinski definition) is 1. The van der Waals surface area contributed by atoms with E-state index in [0.29, 0.717) is 0 Å². The average molecular weight is 246 g/mol. The molecule has 0 aliphatic rings. The first-order valence-corrected chi connectivity index (χ1v) is 6.91. The van der Waals surface area contributed by atoms with Crippen molar-refractivity contribution in [2.75, 3.05) is 0 Å². The van der Waals surface area contributed by atoms with Gasteiger partial charge in [0.15, 0.2) is 0 Å². The fourth-order valence-corrected chi connectivity index (χ4v) is 2.79. The molecular weight excluding hydrogens is 228 g/mol. The zero-order valence-electron chi connectivity index (χ0n) is 10.1. The Morgan fingerprint density at radius 2 is 2.00 bits per heavy atom. The number of thiophene rings is 1. The highest BCUT2D eigenvalue weighted by Gasteiger charge is 2.09. The van der Waals surface area contributed by atoms with Gasteiger partial charge in [0.2, 0.25) is 0 Å². The van der Waals surface area contributed by atoms with Gasteiger partial charge in [-0.25, -0.2) is 0 Å². The molecule has 1 aromatic carbocycles. The highest BCUT2D eigenvalue weighted by molar-refractivity contribution is 7.09. The molecule has 2 heteroatoms. The molecule has 1 unspecified atom stereocenters. The number of rotatable bonds is 5. The van der Waals surface area contributed by atoms with Gasteiger partial charge in [0, 0.05) is 4.88 Å². The van der Waals surface area contributed by atoms with E-state index < -0.39 is 0 Å². The van der Waals surface area contributed by atoms with Gasteiger partial charge in [-0.2, -0.15) is 0 Å². The van der Waals surface area contributed by atoms with Crippen LogP contribution in [0.5, 0.6) is 0 Å². The second-order valence-corrected chi connectivity index (χ2v) is 5.38. The van der Waals surface area contributed by atoms with Crippen LogP contribution in [0.3, 0.4) is 0 Å². The highest BCUT2D eigenvalue weighted by Crippen LogP contribution is 2.23. The predicted molar refractivity (Wildman–Crippen MR) is 73.4 cm³/mol. The Kier molecular flexibility index (Phi) is 4.35. The van der Waals surface area contributed by atoms with Gasteiger partial charge in [-0.15, -0.1) is 11.3 Å². The molecule has 0 saturated heterocycles. The number of aryl methyl sites for hydroxylation is 2. The molecule has 0 aliphatic carbocycles. The second kappa shape index (κ2) is 5.99. The van der Waals surface area contributed by atoms with Crippen molar-refractivity contribution in [3.8, 4) is 0 Å². The summed E-state index contributed by atoms with van der Waals surface area (Å²) in [7, 11) is 0. The smallest absolute Gasteiger partial charge is 0.0792 e. The molecule has 0 amide bonds. The topological polar surface area (TPSA) is 20.2 Å². The van der Waals surface area contributed by atoms with Crippen LogP contribution in [0.1, 0.15) is 34.9 Å². The van der Waals surface area contributed by atoms with E-state index in [1.54, 1.807) is 11.3 Å². The van der Waals surface area contributed by atoms with Gasteiger partial charge in [0.05, 0.1) is 6.10 Å². The van der Waals surface area contributed by atoms with Crippen molar-refractivity contribution in [1.82, 2.24) is 0 Å². The quantitative estimate of drug-likeness (QED) is 0.841. The van der Waals surface area contributed by atoms with Crippen molar-refractivity contribution < 1.29 is 5.11 Å². The van der Waals surface area contributed by atoms with Crippen LogP contribution in [0.25, 0.3) is 0 Å². The van der Waals surface area contributed by atoms with E-state index in [1.807, 2.05) is 18.2 Å². The molecule has 0 spiro atoms. The van der Waals surface area contributed by atoms with Gasteiger partial charge in [-0.3, -0.25) is 0 Å². The number of benzene rings is 1. The molecular formula is C15H18OS. The second-order valence-electron chi connectivity index (χ2n) is 4.34. The van der Waals surface area contributed by atoms with Crippen molar-refractivity contribution in [2.24, 2.45) is 0 Å². The van der Waals surface area contributed by atoms with Crippen LogP contribution in [0.15, 0.2) is 41.8 Å². The summed E-state index contributed by atoms with van der Waals surface area (Å²) in [6, 6.07) is 12.3. The molecule has 1 heterocycles. The Morgan fingerprint density at radius 1 is 1.18 bits per heavy atom. The van der Waals surface area contributed by atoms with Crippen molar-refractivity contribution >= 4 is 11.3 Å². The SMILES string of the molecule is Cc1ccccc1C(O)CCCc1cccs1. The van der Waals surface area contributed by atoms with Crippen molar-refractivity contribution in [1.29, 1.82) is 0 Å². The third-order valence-electron chi connectivity index (χ3n) is 3.03. The first-order valence-electron chi connectivity index (χ1n) is 6.03. The zero-order chi connectivity index (χ0) is 12.1. The average Bonchev–Trinajstić information content (AvgIpc) is 2.82. The Hall–Kier alpha value is -1.12. The Morgan fingerprint density at radius 3 is 2.71 bits per heavy atom. The highest BCUT2D eigenvalue weighted by atomic mass is 32.1. The standard InChI is InChI=1S/C15H18OS/c1-12-6-2-3-9-14(12)15(16)10-4-7-13-8-5-11-17-13/h2-3,5-6,8-9,11,15-16H,4,7,10H2,1H3. The Balaban J connectivity index is 1.85. The van der Waals surface area contributed by atoms with Gasteiger partial charge in [-0.05, 0) is 48.8 Å². The summed E-state index contributed by atoms with van der Waals surface area (Å²) in [6.45, 7) is 2.05. The molecule has 1 atom stereocenters. The molecule has 17 heavy (non-hydrogen) atoms. The fourth-order valence-electron chi connectivity index (χ4n) is 2.04. The van der Waals surface area contributed by atoms with E-state index in [2.05, 4.69) is 30.5 Å². The third-order valence-corrected chi connectivity index (χ3v) is 3.96. The zero-order valence-corrected chi connectivity index (χ0v) is 10.9. The predicted octanol–water partition coefficient (Wildman–Crippen LogP) is 4.11. The summed E-state index contributed by atoms with van der Waals surface area (Å²) in [5.74, 6) is 0. The number of aliphatic hydroxyl groups is 1.